The van der Waals surface area contributed by atoms with E-state index in [2.05, 4.69) is 5.32 Å². The highest BCUT2D eigenvalue weighted by Crippen LogP contribution is 2.29. The van der Waals surface area contributed by atoms with Crippen molar-refractivity contribution in [3.8, 4) is 17.2 Å². The number of benzene rings is 4. The van der Waals surface area contributed by atoms with Crippen LogP contribution in [-0.4, -0.2) is 51.4 Å². The first-order valence-corrected chi connectivity index (χ1v) is 16.5. The molecule has 0 aromatic heterocycles. The molecule has 0 spiro atoms. The molecule has 1 unspecified atom stereocenters. The molecule has 10 heteroatoms. The van der Waals surface area contributed by atoms with Gasteiger partial charge in [-0.05, 0) is 86.0 Å². The highest BCUT2D eigenvalue weighted by molar-refractivity contribution is 7.92. The van der Waals surface area contributed by atoms with Gasteiger partial charge in [0.2, 0.25) is 11.8 Å². The van der Waals surface area contributed by atoms with E-state index in [1.165, 1.54) is 17.0 Å². The maximum Gasteiger partial charge on any atom is 0.264 e. The highest BCUT2D eigenvalue weighted by Gasteiger charge is 2.32. The summed E-state index contributed by atoms with van der Waals surface area (Å²) in [6, 6.07) is 28.5. The summed E-state index contributed by atoms with van der Waals surface area (Å²) < 4.78 is 40.5. The number of nitrogens with one attached hydrogen (secondary N) is 1. The van der Waals surface area contributed by atoms with Gasteiger partial charge in [0.15, 0.2) is 0 Å². The van der Waals surface area contributed by atoms with E-state index >= 15 is 0 Å². The molecule has 242 valence electrons. The van der Waals surface area contributed by atoms with Crippen LogP contribution in [0.3, 0.4) is 0 Å². The molecule has 9 nitrogen and oxygen atoms in total. The third-order valence-corrected chi connectivity index (χ3v) is 9.14. The second-order valence-corrected chi connectivity index (χ2v) is 13.3. The van der Waals surface area contributed by atoms with E-state index in [9.17, 15) is 18.0 Å². The first kappa shape index (κ1) is 34.1. The van der Waals surface area contributed by atoms with Crippen molar-refractivity contribution in [3.63, 3.8) is 0 Å². The zero-order valence-corrected chi connectivity index (χ0v) is 27.7. The minimum atomic E-state index is -4.19. The van der Waals surface area contributed by atoms with E-state index in [1.807, 2.05) is 63.2 Å². The van der Waals surface area contributed by atoms with E-state index in [4.69, 9.17) is 9.47 Å². The minimum absolute atomic E-state index is 0.0416. The summed E-state index contributed by atoms with van der Waals surface area (Å²) in [7, 11) is -2.63. The number of carbonyl (C=O) groups is 2. The first-order valence-electron chi connectivity index (χ1n) is 15.1. The largest absolute Gasteiger partial charge is 0.497 e. The molecule has 4 rings (SSSR count). The van der Waals surface area contributed by atoms with E-state index in [-0.39, 0.29) is 29.0 Å². The lowest BCUT2D eigenvalue weighted by Crippen LogP contribution is -2.51. The Hall–Kier alpha value is -4.83. The Morgan fingerprint density at radius 1 is 0.783 bits per heavy atom. The van der Waals surface area contributed by atoms with Crippen LogP contribution in [0, 0.1) is 12.8 Å². The fourth-order valence-electron chi connectivity index (χ4n) is 4.63. The molecule has 4 aromatic carbocycles. The van der Waals surface area contributed by atoms with Crippen molar-refractivity contribution in [2.75, 3.05) is 24.5 Å². The first-order chi connectivity index (χ1) is 22.0. The molecule has 0 saturated carbocycles. The predicted octanol–water partition coefficient (Wildman–Crippen LogP) is 6.18. The topological polar surface area (TPSA) is 105 Å². The average molecular weight is 644 g/mol. The van der Waals surface area contributed by atoms with Gasteiger partial charge in [0, 0.05) is 13.1 Å². The minimum Gasteiger partial charge on any atom is -0.497 e. The van der Waals surface area contributed by atoms with Crippen LogP contribution in [0.1, 0.15) is 31.9 Å². The molecule has 46 heavy (non-hydrogen) atoms. The SMILES string of the molecule is COc1ccc(CN(C(=O)CN(c2ccc(Oc3ccccc3)cc2)S(=O)(=O)c2ccc(C)cc2)C(C)C(=O)NCC(C)C)cc1. The molecular formula is C36H41N3O6S. The Bertz CT molecular complexity index is 1690. The van der Waals surface area contributed by atoms with Crippen molar-refractivity contribution >= 4 is 27.5 Å². The molecule has 0 radical (unpaired) electrons. The summed E-state index contributed by atoms with van der Waals surface area (Å²) in [5.41, 5.74) is 1.93. The number of methoxy groups -OCH3 is 1. The number of rotatable bonds is 14. The number of sulfonamides is 1. The maximum atomic E-state index is 14.2. The lowest BCUT2D eigenvalue weighted by atomic mass is 10.1. The third kappa shape index (κ3) is 8.88. The van der Waals surface area contributed by atoms with Gasteiger partial charge in [-0.2, -0.15) is 0 Å². The number of para-hydroxylation sites is 1. The zero-order chi connectivity index (χ0) is 33.3. The molecule has 0 saturated heterocycles. The second kappa shape index (κ2) is 15.4. The highest BCUT2D eigenvalue weighted by atomic mass is 32.2. The van der Waals surface area contributed by atoms with E-state index in [1.54, 1.807) is 62.6 Å². The van der Waals surface area contributed by atoms with Crippen LogP contribution in [-0.2, 0) is 26.2 Å². The number of nitrogens with zero attached hydrogens (tertiary/aromatic N) is 2. The zero-order valence-electron chi connectivity index (χ0n) is 26.8. The maximum absolute atomic E-state index is 14.2. The summed E-state index contributed by atoms with van der Waals surface area (Å²) >= 11 is 0. The Morgan fingerprint density at radius 3 is 1.96 bits per heavy atom. The van der Waals surface area contributed by atoms with Gasteiger partial charge in [0.05, 0.1) is 17.7 Å². The van der Waals surface area contributed by atoms with Crippen LogP contribution in [0.25, 0.3) is 0 Å². The fraction of sp³-hybridized carbons (Fsp3) is 0.278. The monoisotopic (exact) mass is 643 g/mol. The normalized spacial score (nSPS) is 11.9. The van der Waals surface area contributed by atoms with Crippen molar-refractivity contribution in [2.24, 2.45) is 5.92 Å². The summed E-state index contributed by atoms with van der Waals surface area (Å²) in [6.07, 6.45) is 0. The Labute approximate surface area is 271 Å². The van der Waals surface area contributed by atoms with Crippen molar-refractivity contribution in [3.05, 3.63) is 114 Å². The fourth-order valence-corrected chi connectivity index (χ4v) is 6.05. The van der Waals surface area contributed by atoms with Crippen LogP contribution >= 0.6 is 0 Å². The molecule has 0 bridgehead atoms. The van der Waals surface area contributed by atoms with Crippen molar-refractivity contribution < 1.29 is 27.5 Å². The summed E-state index contributed by atoms with van der Waals surface area (Å²) in [5, 5.41) is 2.90. The summed E-state index contributed by atoms with van der Waals surface area (Å²) in [4.78, 5) is 28.8. The molecule has 1 N–H and O–H groups in total. The van der Waals surface area contributed by atoms with Crippen LogP contribution in [0.5, 0.6) is 17.2 Å². The van der Waals surface area contributed by atoms with E-state index < -0.39 is 28.5 Å². The standard InChI is InChI=1S/C36H41N3O6S/c1-26(2)23-37-36(41)28(4)38(24-29-13-17-31(44-5)18-14-29)35(40)25-39(46(42,43)34-21-11-27(3)12-22-34)30-15-19-33(20-16-30)45-32-9-7-6-8-10-32/h6-22,26,28H,23-25H2,1-5H3,(H,37,41). The average Bonchev–Trinajstić information content (AvgIpc) is 3.06. The van der Waals surface area contributed by atoms with Gasteiger partial charge in [-0.1, -0.05) is 61.9 Å². The number of hydrogen-bond donors (Lipinski definition) is 1. The van der Waals surface area contributed by atoms with Crippen LogP contribution in [0.15, 0.2) is 108 Å². The molecule has 1 atom stereocenters. The number of amides is 2. The van der Waals surface area contributed by atoms with Crippen molar-refractivity contribution in [1.82, 2.24) is 10.2 Å². The number of aryl methyl sites for hydroxylation is 1. The molecule has 4 aromatic rings. The lowest BCUT2D eigenvalue weighted by Gasteiger charge is -2.32. The van der Waals surface area contributed by atoms with Crippen LogP contribution in [0.2, 0.25) is 0 Å². The molecule has 0 aliphatic rings. The van der Waals surface area contributed by atoms with Gasteiger partial charge in [-0.25, -0.2) is 8.42 Å². The van der Waals surface area contributed by atoms with Gasteiger partial charge in [-0.3, -0.25) is 13.9 Å². The van der Waals surface area contributed by atoms with Crippen LogP contribution in [0.4, 0.5) is 5.69 Å². The molecule has 2 amide bonds. The Kier molecular flexibility index (Phi) is 11.4. The number of carbonyl (C=O) groups excluding carboxylic acids is 2. The van der Waals surface area contributed by atoms with E-state index in [0.29, 0.717) is 23.8 Å². The quantitative estimate of drug-likeness (QED) is 0.176. The van der Waals surface area contributed by atoms with Crippen molar-refractivity contribution in [2.45, 2.75) is 45.2 Å². The van der Waals surface area contributed by atoms with Gasteiger partial charge < -0.3 is 19.7 Å². The number of hydrogen-bond acceptors (Lipinski definition) is 6. The molecule has 0 fully saturated rings. The second-order valence-electron chi connectivity index (χ2n) is 11.4. The van der Waals surface area contributed by atoms with Gasteiger partial charge in [0.25, 0.3) is 10.0 Å². The third-order valence-electron chi connectivity index (χ3n) is 7.36. The summed E-state index contributed by atoms with van der Waals surface area (Å²) in [5.74, 6) is 1.14. The lowest BCUT2D eigenvalue weighted by molar-refractivity contribution is -0.139. The molecular weight excluding hydrogens is 602 g/mol. The van der Waals surface area contributed by atoms with Gasteiger partial charge in [0.1, 0.15) is 29.8 Å². The van der Waals surface area contributed by atoms with Crippen molar-refractivity contribution in [1.29, 1.82) is 0 Å². The van der Waals surface area contributed by atoms with Gasteiger partial charge >= 0.3 is 0 Å². The Balaban J connectivity index is 1.69. The summed E-state index contributed by atoms with van der Waals surface area (Å²) in [6.45, 7) is 7.47. The smallest absolute Gasteiger partial charge is 0.264 e. The predicted molar refractivity (Wildman–Crippen MR) is 180 cm³/mol. The van der Waals surface area contributed by atoms with Gasteiger partial charge in [-0.15, -0.1) is 0 Å². The molecule has 0 aliphatic heterocycles. The Morgan fingerprint density at radius 2 is 1.37 bits per heavy atom. The molecule has 0 heterocycles. The van der Waals surface area contributed by atoms with Crippen LogP contribution < -0.4 is 19.1 Å². The van der Waals surface area contributed by atoms with E-state index in [0.717, 1.165) is 15.4 Å². The number of ether oxygens (including phenoxy) is 2. The number of anilines is 1. The molecule has 0 aliphatic carbocycles.